The van der Waals surface area contributed by atoms with Crippen molar-refractivity contribution in [3.05, 3.63) is 24.3 Å². The first kappa shape index (κ1) is 19.1. The van der Waals surface area contributed by atoms with Crippen LogP contribution >= 0.6 is 0 Å². The van der Waals surface area contributed by atoms with Gasteiger partial charge in [-0.05, 0) is 0 Å². The molecule has 0 amide bonds. The zero-order valence-electron chi connectivity index (χ0n) is 14.9. The number of aliphatic hydroxyl groups excluding tert-OH is 3. The summed E-state index contributed by atoms with van der Waals surface area (Å²) in [5.41, 5.74) is 6.59. The van der Waals surface area contributed by atoms with Gasteiger partial charge in [0.1, 0.15) is 30.1 Å². The fourth-order valence-electron chi connectivity index (χ4n) is 3.09. The van der Waals surface area contributed by atoms with E-state index < -0.39 is 36.9 Å². The number of nitrogens with zero attached hydrogens (tertiary/aromatic N) is 6. The molecule has 0 aromatic carbocycles. The number of aliphatic hydroxyl groups is 3. The van der Waals surface area contributed by atoms with Crippen LogP contribution in [0.2, 0.25) is 0 Å². The second-order valence-corrected chi connectivity index (χ2v) is 6.43. The highest BCUT2D eigenvalue weighted by atomic mass is 16.6. The zero-order valence-corrected chi connectivity index (χ0v) is 14.9. The summed E-state index contributed by atoms with van der Waals surface area (Å²) in [6.45, 7) is -0.478. The summed E-state index contributed by atoms with van der Waals surface area (Å²) < 4.78 is 8.08. The number of aromatic nitrogens is 6. The molecule has 1 aliphatic rings. The Hall–Kier alpha value is -3.26. The molecule has 0 aliphatic carbocycles. The Balaban J connectivity index is 1.75. The smallest absolute Gasteiger partial charge is 0.254 e. The van der Waals surface area contributed by atoms with Crippen molar-refractivity contribution in [2.45, 2.75) is 31.0 Å². The average molecular weight is 403 g/mol. The summed E-state index contributed by atoms with van der Waals surface area (Å²) in [5.74, 6) is -0.364. The molecule has 3 aromatic rings. The third kappa shape index (κ3) is 3.15. The maximum Gasteiger partial charge on any atom is 0.254 e. The van der Waals surface area contributed by atoms with Gasteiger partial charge in [0.25, 0.3) is 5.95 Å². The molecule has 1 aliphatic heterocycles. The van der Waals surface area contributed by atoms with Gasteiger partial charge in [0.15, 0.2) is 23.5 Å². The molecule has 0 radical (unpaired) electrons. The molecular formula is C16H17N7O6. The van der Waals surface area contributed by atoms with Crippen molar-refractivity contribution in [3.63, 3.8) is 0 Å². The normalized spacial score (nSPS) is 24.2. The van der Waals surface area contributed by atoms with Crippen molar-refractivity contribution < 1.29 is 29.6 Å². The van der Waals surface area contributed by atoms with Gasteiger partial charge in [-0.1, -0.05) is 0 Å². The van der Waals surface area contributed by atoms with Crippen molar-refractivity contribution in [1.29, 1.82) is 0 Å². The number of rotatable bonds is 6. The van der Waals surface area contributed by atoms with Crippen molar-refractivity contribution in [2.24, 2.45) is 0 Å². The molecule has 4 atom stereocenters. The highest BCUT2D eigenvalue weighted by Crippen LogP contribution is 2.32. The second-order valence-electron chi connectivity index (χ2n) is 6.43. The van der Waals surface area contributed by atoms with Crippen LogP contribution in [0.4, 0.5) is 5.82 Å². The molecule has 1 fully saturated rings. The van der Waals surface area contributed by atoms with Crippen LogP contribution in [0.25, 0.3) is 17.1 Å². The van der Waals surface area contributed by atoms with Gasteiger partial charge in [-0.25, -0.2) is 9.67 Å². The van der Waals surface area contributed by atoms with E-state index in [4.69, 9.17) is 10.5 Å². The topological polar surface area (TPSA) is 191 Å². The monoisotopic (exact) mass is 403 g/mol. The van der Waals surface area contributed by atoms with E-state index in [1.807, 2.05) is 0 Å². The van der Waals surface area contributed by atoms with Crippen molar-refractivity contribution in [1.82, 2.24) is 29.3 Å². The van der Waals surface area contributed by atoms with Crippen LogP contribution < -0.4 is 5.73 Å². The second kappa shape index (κ2) is 7.29. The van der Waals surface area contributed by atoms with Gasteiger partial charge in [0, 0.05) is 6.20 Å². The third-order valence-corrected chi connectivity index (χ3v) is 4.61. The molecule has 4 rings (SSSR count). The van der Waals surface area contributed by atoms with Gasteiger partial charge in [-0.2, -0.15) is 15.1 Å². The summed E-state index contributed by atoms with van der Waals surface area (Å²) in [7, 11) is 0. The molecule has 13 nitrogen and oxygen atoms in total. The Morgan fingerprint density at radius 2 is 2.10 bits per heavy atom. The Morgan fingerprint density at radius 3 is 2.79 bits per heavy atom. The summed E-state index contributed by atoms with van der Waals surface area (Å²) >= 11 is 0. The van der Waals surface area contributed by atoms with Crippen molar-refractivity contribution in [2.75, 3.05) is 12.3 Å². The minimum absolute atomic E-state index is 0.0201. The molecule has 3 aromatic heterocycles. The molecule has 0 bridgehead atoms. The number of hydrogen-bond acceptors (Lipinski definition) is 11. The standard InChI is InChI=1S/C16H17N7O6/c17-13-10-14(22(6-18-10)15-12(28)11(27)9(5-25)29-15)21-16(20-13)23-4-7(3-19-23)8(26)1-2-24/h2-4,6,9,11-12,15,25,27-28H,1,5H2,(H2,17,20,21)/t9-,11-,12-,15?/m1/s1. The van der Waals surface area contributed by atoms with E-state index in [-0.39, 0.29) is 34.9 Å². The van der Waals surface area contributed by atoms with E-state index in [2.05, 4.69) is 20.1 Å². The van der Waals surface area contributed by atoms with Crippen LogP contribution in [0.3, 0.4) is 0 Å². The predicted molar refractivity (Wildman–Crippen MR) is 94.9 cm³/mol. The van der Waals surface area contributed by atoms with E-state index in [0.29, 0.717) is 6.29 Å². The third-order valence-electron chi connectivity index (χ3n) is 4.61. The van der Waals surface area contributed by atoms with Crippen LogP contribution in [0.15, 0.2) is 18.7 Å². The van der Waals surface area contributed by atoms with Crippen LogP contribution in [-0.4, -0.2) is 81.6 Å². The number of Topliss-reactive ketones (excluding diaryl/α,β-unsaturated/α-hetero) is 1. The number of ketones is 1. The van der Waals surface area contributed by atoms with Gasteiger partial charge in [0.2, 0.25) is 0 Å². The fourth-order valence-corrected chi connectivity index (χ4v) is 3.09. The fraction of sp³-hybridized carbons (Fsp3) is 0.375. The van der Waals surface area contributed by atoms with Crippen LogP contribution in [0, 0.1) is 0 Å². The van der Waals surface area contributed by atoms with Gasteiger partial charge >= 0.3 is 0 Å². The Labute approximate surface area is 162 Å². The maximum absolute atomic E-state index is 11.8. The van der Waals surface area contributed by atoms with Gasteiger partial charge in [0.05, 0.1) is 31.1 Å². The Morgan fingerprint density at radius 1 is 1.31 bits per heavy atom. The predicted octanol–water partition coefficient (Wildman–Crippen LogP) is -2.02. The molecule has 13 heteroatoms. The lowest BCUT2D eigenvalue weighted by molar-refractivity contribution is -0.107. The number of nitrogen functional groups attached to an aromatic ring is 1. The lowest BCUT2D eigenvalue weighted by Gasteiger charge is -2.16. The highest BCUT2D eigenvalue weighted by molar-refractivity contribution is 6.02. The highest BCUT2D eigenvalue weighted by Gasteiger charge is 2.44. The maximum atomic E-state index is 11.8. The molecule has 152 valence electrons. The lowest BCUT2D eigenvalue weighted by Crippen LogP contribution is -2.33. The van der Waals surface area contributed by atoms with Crippen LogP contribution in [0.1, 0.15) is 23.0 Å². The van der Waals surface area contributed by atoms with Crippen LogP contribution in [0.5, 0.6) is 0 Å². The van der Waals surface area contributed by atoms with Crippen LogP contribution in [-0.2, 0) is 9.53 Å². The zero-order chi connectivity index (χ0) is 20.7. The van der Waals surface area contributed by atoms with E-state index in [0.717, 1.165) is 0 Å². The number of hydrogen-bond donors (Lipinski definition) is 4. The minimum atomic E-state index is -1.33. The first-order valence-electron chi connectivity index (χ1n) is 8.59. The van der Waals surface area contributed by atoms with Gasteiger partial charge < -0.3 is 30.6 Å². The summed E-state index contributed by atoms with van der Waals surface area (Å²) in [6, 6.07) is 0. The summed E-state index contributed by atoms with van der Waals surface area (Å²) in [6.07, 6.45) is -0.466. The van der Waals surface area contributed by atoms with Crippen molar-refractivity contribution in [3.8, 4) is 5.95 Å². The lowest BCUT2D eigenvalue weighted by atomic mass is 10.1. The number of fused-ring (bicyclic) bond motifs is 1. The molecular weight excluding hydrogens is 386 g/mol. The number of imidazole rings is 1. The van der Waals surface area contributed by atoms with Crippen molar-refractivity contribution >= 4 is 29.1 Å². The molecule has 1 unspecified atom stereocenters. The summed E-state index contributed by atoms with van der Waals surface area (Å²) in [5, 5.41) is 33.6. The van der Waals surface area contributed by atoms with E-state index in [1.54, 1.807) is 0 Å². The Kier molecular flexibility index (Phi) is 4.79. The number of aldehydes is 1. The Bertz CT molecular complexity index is 1080. The molecule has 0 spiro atoms. The number of carbonyl (C=O) groups excluding carboxylic acids is 2. The van der Waals surface area contributed by atoms with E-state index in [1.165, 1.54) is 28.0 Å². The number of nitrogens with two attached hydrogens (primary N) is 1. The molecule has 5 N–H and O–H groups in total. The first-order chi connectivity index (χ1) is 13.9. The molecule has 0 saturated carbocycles. The number of ether oxygens (including phenoxy) is 1. The van der Waals surface area contributed by atoms with E-state index >= 15 is 0 Å². The van der Waals surface area contributed by atoms with Gasteiger partial charge in [-0.3, -0.25) is 9.36 Å². The first-order valence-corrected chi connectivity index (χ1v) is 8.59. The number of carbonyl (C=O) groups is 2. The molecule has 1 saturated heterocycles. The molecule has 29 heavy (non-hydrogen) atoms. The largest absolute Gasteiger partial charge is 0.394 e. The summed E-state index contributed by atoms with van der Waals surface area (Å²) in [4.78, 5) is 34.9. The average Bonchev–Trinajstić information content (AvgIpc) is 3.41. The number of anilines is 1. The quantitative estimate of drug-likeness (QED) is 0.202. The SMILES string of the molecule is Nc1nc(-n2cc(C(=O)CC=O)cn2)nc2c1ncn2C1O[C@H](CO)[C@@H](O)[C@H]1O. The minimum Gasteiger partial charge on any atom is -0.394 e. The molecule has 4 heterocycles. The van der Waals surface area contributed by atoms with Gasteiger partial charge in [-0.15, -0.1) is 0 Å². The van der Waals surface area contributed by atoms with E-state index in [9.17, 15) is 24.9 Å².